The van der Waals surface area contributed by atoms with Gasteiger partial charge in [-0.1, -0.05) is 269 Å². The number of unbranched alkanes of at least 4 members (excludes halogenated alkanes) is 40. The number of carbonyl (C=O) groups is 1. The third-order valence-electron chi connectivity index (χ3n) is 14.5. The SMILES string of the molecule is CCCCCCCCCCCC/C=C\CCCCCCCCCC(=O)NC(COC1OC(CO)C(O)C(O)C1O)C(O)/C=C/CCCCCCCCCCCCCCCCCCCCCCCCC. The standard InChI is InChI=1S/C60H115NO8/c1-3-5-7-9-11-13-15-17-19-21-23-25-26-27-28-30-31-33-35-37-39-41-43-45-47-49-54(63)53(52-68-60-59(67)58(66)57(65)55(51-62)69-60)61-56(64)50-48-46-44-42-40-38-36-34-32-29-24-22-20-18-16-14-12-10-8-6-4-2/h29,32,47,49,53-55,57-60,62-63,65-67H,3-28,30-31,33-46,48,50-52H2,1-2H3,(H,61,64)/b32-29-,49-47+. The van der Waals surface area contributed by atoms with E-state index in [0.717, 1.165) is 38.5 Å². The van der Waals surface area contributed by atoms with Gasteiger partial charge >= 0.3 is 0 Å². The van der Waals surface area contributed by atoms with Crippen LogP contribution in [0.3, 0.4) is 0 Å². The van der Waals surface area contributed by atoms with Gasteiger partial charge in [-0.2, -0.15) is 0 Å². The van der Waals surface area contributed by atoms with E-state index in [9.17, 15) is 30.3 Å². The molecule has 9 heteroatoms. The van der Waals surface area contributed by atoms with E-state index in [0.29, 0.717) is 6.42 Å². The van der Waals surface area contributed by atoms with E-state index < -0.39 is 49.5 Å². The first-order valence-electron chi connectivity index (χ1n) is 30.1. The molecule has 1 aliphatic rings. The van der Waals surface area contributed by atoms with E-state index in [2.05, 4.69) is 31.3 Å². The summed E-state index contributed by atoms with van der Waals surface area (Å²) in [7, 11) is 0. The lowest BCUT2D eigenvalue weighted by atomic mass is 9.99. The van der Waals surface area contributed by atoms with Crippen LogP contribution in [0, 0.1) is 0 Å². The Bertz CT molecular complexity index is 1130. The smallest absolute Gasteiger partial charge is 0.220 e. The number of hydrogen-bond donors (Lipinski definition) is 6. The lowest BCUT2D eigenvalue weighted by Crippen LogP contribution is -2.60. The number of amides is 1. The zero-order chi connectivity index (χ0) is 50.1. The van der Waals surface area contributed by atoms with Crippen LogP contribution in [0.4, 0.5) is 0 Å². The Morgan fingerprint density at radius 3 is 1.17 bits per heavy atom. The van der Waals surface area contributed by atoms with Gasteiger partial charge in [0, 0.05) is 6.42 Å². The molecule has 6 N–H and O–H groups in total. The Morgan fingerprint density at radius 2 is 0.812 bits per heavy atom. The lowest BCUT2D eigenvalue weighted by Gasteiger charge is -2.40. The van der Waals surface area contributed by atoms with Crippen molar-refractivity contribution in [2.75, 3.05) is 13.2 Å². The second-order valence-electron chi connectivity index (χ2n) is 21.1. The number of aliphatic hydroxyl groups excluding tert-OH is 5. The number of rotatable bonds is 52. The number of carbonyl (C=O) groups excluding carboxylic acids is 1. The molecule has 7 unspecified atom stereocenters. The van der Waals surface area contributed by atoms with Crippen molar-refractivity contribution in [3.63, 3.8) is 0 Å². The summed E-state index contributed by atoms with van der Waals surface area (Å²) in [5.41, 5.74) is 0. The molecule has 0 aromatic carbocycles. The van der Waals surface area contributed by atoms with Crippen LogP contribution in [0.5, 0.6) is 0 Å². The van der Waals surface area contributed by atoms with Crippen molar-refractivity contribution < 1.29 is 39.8 Å². The molecule has 1 aliphatic heterocycles. The summed E-state index contributed by atoms with van der Waals surface area (Å²) in [6.45, 7) is 3.82. The van der Waals surface area contributed by atoms with Gasteiger partial charge in [0.1, 0.15) is 24.4 Å². The summed E-state index contributed by atoms with van der Waals surface area (Å²) in [6, 6.07) is -0.806. The molecule has 0 bridgehead atoms. The zero-order valence-electron chi connectivity index (χ0n) is 45.3. The predicted molar refractivity (Wildman–Crippen MR) is 290 cm³/mol. The third kappa shape index (κ3) is 39.8. The van der Waals surface area contributed by atoms with Gasteiger partial charge < -0.3 is 40.3 Å². The molecule has 0 radical (unpaired) electrons. The molecule has 1 saturated heterocycles. The molecule has 9 nitrogen and oxygen atoms in total. The highest BCUT2D eigenvalue weighted by Gasteiger charge is 2.44. The van der Waals surface area contributed by atoms with Crippen molar-refractivity contribution in [1.29, 1.82) is 0 Å². The fraction of sp³-hybridized carbons (Fsp3) is 0.917. The van der Waals surface area contributed by atoms with Crippen LogP contribution < -0.4 is 5.32 Å². The largest absolute Gasteiger partial charge is 0.394 e. The Balaban J connectivity index is 2.21. The predicted octanol–water partition coefficient (Wildman–Crippen LogP) is 15.0. The van der Waals surface area contributed by atoms with Gasteiger partial charge in [-0.15, -0.1) is 0 Å². The Hall–Kier alpha value is -1.33. The number of aliphatic hydroxyl groups is 5. The maximum Gasteiger partial charge on any atom is 0.220 e. The van der Waals surface area contributed by atoms with Crippen molar-refractivity contribution in [2.24, 2.45) is 0 Å². The normalized spacial score (nSPS) is 19.6. The molecule has 0 aliphatic carbocycles. The molecule has 1 rings (SSSR count). The highest BCUT2D eigenvalue weighted by Crippen LogP contribution is 2.23. The first kappa shape index (κ1) is 65.7. The van der Waals surface area contributed by atoms with Crippen LogP contribution in [-0.2, 0) is 14.3 Å². The monoisotopic (exact) mass is 978 g/mol. The van der Waals surface area contributed by atoms with Gasteiger partial charge in [-0.05, 0) is 44.9 Å². The van der Waals surface area contributed by atoms with Crippen LogP contribution in [0.15, 0.2) is 24.3 Å². The van der Waals surface area contributed by atoms with Crippen LogP contribution in [-0.4, -0.2) is 87.5 Å². The molecular formula is C60H115NO8. The second-order valence-corrected chi connectivity index (χ2v) is 21.1. The lowest BCUT2D eigenvalue weighted by molar-refractivity contribution is -0.302. The molecule has 1 fully saturated rings. The molecule has 1 heterocycles. The maximum atomic E-state index is 13.1. The average Bonchev–Trinajstić information content (AvgIpc) is 3.35. The molecule has 7 atom stereocenters. The van der Waals surface area contributed by atoms with Crippen molar-refractivity contribution in [1.82, 2.24) is 5.32 Å². The molecule has 0 aromatic heterocycles. The summed E-state index contributed by atoms with van der Waals surface area (Å²) in [5, 5.41) is 54.6. The maximum absolute atomic E-state index is 13.1. The number of hydrogen-bond acceptors (Lipinski definition) is 8. The summed E-state index contributed by atoms with van der Waals surface area (Å²) in [5.74, 6) is -0.177. The van der Waals surface area contributed by atoms with Crippen LogP contribution >= 0.6 is 0 Å². The van der Waals surface area contributed by atoms with Gasteiger partial charge in [0.25, 0.3) is 0 Å². The quantitative estimate of drug-likeness (QED) is 0.0261. The highest BCUT2D eigenvalue weighted by atomic mass is 16.7. The van der Waals surface area contributed by atoms with Gasteiger partial charge in [-0.3, -0.25) is 4.79 Å². The number of nitrogens with one attached hydrogen (secondary N) is 1. The van der Waals surface area contributed by atoms with Crippen LogP contribution in [0.25, 0.3) is 0 Å². The van der Waals surface area contributed by atoms with Crippen molar-refractivity contribution in [3.8, 4) is 0 Å². The van der Waals surface area contributed by atoms with Crippen molar-refractivity contribution in [2.45, 2.75) is 339 Å². The Labute approximate surface area is 426 Å². The van der Waals surface area contributed by atoms with Crippen molar-refractivity contribution >= 4 is 5.91 Å². The van der Waals surface area contributed by atoms with E-state index in [1.54, 1.807) is 6.08 Å². The average molecular weight is 979 g/mol. The molecule has 0 aromatic rings. The van der Waals surface area contributed by atoms with Crippen LogP contribution in [0.2, 0.25) is 0 Å². The summed E-state index contributed by atoms with van der Waals surface area (Å²) < 4.78 is 11.3. The minimum atomic E-state index is -1.57. The van der Waals surface area contributed by atoms with E-state index in [4.69, 9.17) is 9.47 Å². The Morgan fingerprint density at radius 1 is 0.478 bits per heavy atom. The molecule has 0 spiro atoms. The van der Waals surface area contributed by atoms with E-state index >= 15 is 0 Å². The second kappa shape index (κ2) is 50.2. The van der Waals surface area contributed by atoms with E-state index in [-0.39, 0.29) is 12.5 Å². The van der Waals surface area contributed by atoms with E-state index in [1.807, 2.05) is 6.08 Å². The first-order valence-corrected chi connectivity index (χ1v) is 30.1. The number of allylic oxidation sites excluding steroid dienone is 3. The van der Waals surface area contributed by atoms with Crippen LogP contribution in [0.1, 0.15) is 296 Å². The third-order valence-corrected chi connectivity index (χ3v) is 14.5. The molecule has 69 heavy (non-hydrogen) atoms. The fourth-order valence-corrected chi connectivity index (χ4v) is 9.74. The van der Waals surface area contributed by atoms with Crippen molar-refractivity contribution in [3.05, 3.63) is 24.3 Å². The molecule has 0 saturated carbocycles. The zero-order valence-corrected chi connectivity index (χ0v) is 45.3. The first-order chi connectivity index (χ1) is 33.8. The van der Waals surface area contributed by atoms with Gasteiger partial charge in [0.15, 0.2) is 6.29 Å². The minimum Gasteiger partial charge on any atom is -0.394 e. The summed E-state index contributed by atoms with van der Waals surface area (Å²) in [4.78, 5) is 13.1. The van der Waals surface area contributed by atoms with E-state index in [1.165, 1.54) is 238 Å². The van der Waals surface area contributed by atoms with Gasteiger partial charge in [0.05, 0.1) is 25.4 Å². The topological polar surface area (TPSA) is 149 Å². The fourth-order valence-electron chi connectivity index (χ4n) is 9.74. The highest BCUT2D eigenvalue weighted by molar-refractivity contribution is 5.76. The summed E-state index contributed by atoms with van der Waals surface area (Å²) in [6.07, 6.45) is 56.8. The Kier molecular flexibility index (Phi) is 47.8. The van der Waals surface area contributed by atoms with Gasteiger partial charge in [0.2, 0.25) is 5.91 Å². The minimum absolute atomic E-state index is 0.177. The molecule has 1 amide bonds. The summed E-state index contributed by atoms with van der Waals surface area (Å²) >= 11 is 0. The molecular weight excluding hydrogens is 863 g/mol. The number of ether oxygens (including phenoxy) is 2. The van der Waals surface area contributed by atoms with Gasteiger partial charge in [-0.25, -0.2) is 0 Å². The molecule has 408 valence electrons.